The fourth-order valence-corrected chi connectivity index (χ4v) is 1.51. The Kier molecular flexibility index (Phi) is 3.53. The van der Waals surface area contributed by atoms with Gasteiger partial charge in [0.2, 0.25) is 0 Å². The summed E-state index contributed by atoms with van der Waals surface area (Å²) < 4.78 is 11.0. The normalized spacial score (nSPS) is 31.5. The highest BCUT2D eigenvalue weighted by molar-refractivity contribution is 4.73. The van der Waals surface area contributed by atoms with E-state index < -0.39 is 0 Å². The van der Waals surface area contributed by atoms with E-state index in [0.717, 1.165) is 6.42 Å². The molecule has 1 aliphatic rings. The van der Waals surface area contributed by atoms with Crippen LogP contribution in [0, 0.1) is 11.8 Å². The highest BCUT2D eigenvalue weighted by Gasteiger charge is 2.27. The molecular weight excluding hydrogens is 152 g/mol. The molecule has 0 bridgehead atoms. The zero-order valence-corrected chi connectivity index (χ0v) is 8.54. The molecule has 1 fully saturated rings. The molecule has 1 aliphatic heterocycles. The first-order valence-corrected chi connectivity index (χ1v) is 4.84. The molecule has 0 unspecified atom stereocenters. The summed E-state index contributed by atoms with van der Waals surface area (Å²) in [4.78, 5) is 0. The highest BCUT2D eigenvalue weighted by atomic mass is 16.7. The predicted molar refractivity (Wildman–Crippen MR) is 48.9 cm³/mol. The van der Waals surface area contributed by atoms with Crippen LogP contribution in [0.3, 0.4) is 0 Å². The Morgan fingerprint density at radius 3 is 1.67 bits per heavy atom. The Labute approximate surface area is 75.2 Å². The summed E-state index contributed by atoms with van der Waals surface area (Å²) in [6, 6.07) is 0. The van der Waals surface area contributed by atoms with Crippen molar-refractivity contribution < 1.29 is 9.47 Å². The third-order valence-electron chi connectivity index (χ3n) is 2.52. The molecule has 2 heteroatoms. The number of rotatable bonds is 2. The summed E-state index contributed by atoms with van der Waals surface area (Å²) >= 11 is 0. The Balaban J connectivity index is 2.40. The summed E-state index contributed by atoms with van der Waals surface area (Å²) in [7, 11) is 0. The van der Waals surface area contributed by atoms with Crippen LogP contribution in [0.5, 0.6) is 0 Å². The molecule has 2 atom stereocenters. The Morgan fingerprint density at radius 1 is 0.917 bits per heavy atom. The van der Waals surface area contributed by atoms with E-state index in [1.165, 1.54) is 0 Å². The van der Waals surface area contributed by atoms with E-state index in [4.69, 9.17) is 9.47 Å². The van der Waals surface area contributed by atoms with E-state index in [2.05, 4.69) is 27.7 Å². The largest absolute Gasteiger partial charge is 0.352 e. The van der Waals surface area contributed by atoms with Gasteiger partial charge in [0.25, 0.3) is 0 Å². The van der Waals surface area contributed by atoms with Crippen molar-refractivity contribution in [2.24, 2.45) is 11.8 Å². The summed E-state index contributed by atoms with van der Waals surface area (Å²) in [5, 5.41) is 0. The second-order valence-electron chi connectivity index (χ2n) is 4.25. The zero-order valence-electron chi connectivity index (χ0n) is 8.54. The maximum atomic E-state index is 5.50. The van der Waals surface area contributed by atoms with Gasteiger partial charge < -0.3 is 9.47 Å². The summed E-state index contributed by atoms with van der Waals surface area (Å²) in [6.45, 7) is 9.28. The smallest absolute Gasteiger partial charge is 0.147 e. The van der Waals surface area contributed by atoms with Gasteiger partial charge in [-0.2, -0.15) is 0 Å². The fourth-order valence-electron chi connectivity index (χ4n) is 1.51. The standard InChI is InChI=1S/C10H20O2/c1-7(2)9-5-10(8(3)4)12-6-11-9/h7-10H,5-6H2,1-4H3/t9-,10-/m1/s1. The lowest BCUT2D eigenvalue weighted by molar-refractivity contribution is -0.195. The lowest BCUT2D eigenvalue weighted by Gasteiger charge is -2.33. The second-order valence-corrected chi connectivity index (χ2v) is 4.25. The Bertz CT molecular complexity index is 118. The van der Waals surface area contributed by atoms with Gasteiger partial charge in [0, 0.05) is 6.42 Å². The third kappa shape index (κ3) is 2.46. The molecule has 0 spiro atoms. The van der Waals surface area contributed by atoms with Crippen molar-refractivity contribution in [3.63, 3.8) is 0 Å². The quantitative estimate of drug-likeness (QED) is 0.637. The van der Waals surface area contributed by atoms with Crippen LogP contribution in [0.2, 0.25) is 0 Å². The van der Waals surface area contributed by atoms with Gasteiger partial charge in [-0.05, 0) is 11.8 Å². The third-order valence-corrected chi connectivity index (χ3v) is 2.52. The fraction of sp³-hybridized carbons (Fsp3) is 1.00. The molecule has 72 valence electrons. The van der Waals surface area contributed by atoms with Crippen LogP contribution in [-0.4, -0.2) is 19.0 Å². The van der Waals surface area contributed by atoms with Crippen LogP contribution in [0.4, 0.5) is 0 Å². The molecule has 1 rings (SSSR count). The minimum Gasteiger partial charge on any atom is -0.352 e. The lowest BCUT2D eigenvalue weighted by Crippen LogP contribution is -2.37. The first kappa shape index (κ1) is 10.0. The topological polar surface area (TPSA) is 18.5 Å². The molecular formula is C10H20O2. The van der Waals surface area contributed by atoms with Crippen molar-refractivity contribution in [2.45, 2.75) is 46.3 Å². The van der Waals surface area contributed by atoms with Crippen LogP contribution in [-0.2, 0) is 9.47 Å². The van der Waals surface area contributed by atoms with Crippen LogP contribution >= 0.6 is 0 Å². The molecule has 1 saturated heterocycles. The first-order chi connectivity index (χ1) is 5.61. The molecule has 0 saturated carbocycles. The number of hydrogen-bond donors (Lipinski definition) is 0. The van der Waals surface area contributed by atoms with Crippen molar-refractivity contribution >= 4 is 0 Å². The minimum absolute atomic E-state index is 0.395. The minimum atomic E-state index is 0.395. The van der Waals surface area contributed by atoms with Crippen LogP contribution in [0.25, 0.3) is 0 Å². The van der Waals surface area contributed by atoms with Gasteiger partial charge in [0.05, 0.1) is 12.2 Å². The van der Waals surface area contributed by atoms with E-state index in [-0.39, 0.29) is 0 Å². The van der Waals surface area contributed by atoms with Crippen molar-refractivity contribution in [3.8, 4) is 0 Å². The lowest BCUT2D eigenvalue weighted by atomic mass is 9.94. The van der Waals surface area contributed by atoms with E-state index in [0.29, 0.717) is 30.8 Å². The van der Waals surface area contributed by atoms with Gasteiger partial charge in [-0.15, -0.1) is 0 Å². The molecule has 2 nitrogen and oxygen atoms in total. The first-order valence-electron chi connectivity index (χ1n) is 4.84. The monoisotopic (exact) mass is 172 g/mol. The summed E-state index contributed by atoms with van der Waals surface area (Å²) in [6.07, 6.45) is 1.84. The van der Waals surface area contributed by atoms with Gasteiger partial charge in [-0.1, -0.05) is 27.7 Å². The van der Waals surface area contributed by atoms with Crippen molar-refractivity contribution in [2.75, 3.05) is 6.79 Å². The van der Waals surface area contributed by atoms with Gasteiger partial charge in [-0.25, -0.2) is 0 Å². The van der Waals surface area contributed by atoms with Gasteiger partial charge >= 0.3 is 0 Å². The molecule has 0 aliphatic carbocycles. The summed E-state index contributed by atoms with van der Waals surface area (Å²) in [5.41, 5.74) is 0. The van der Waals surface area contributed by atoms with Crippen LogP contribution in [0.1, 0.15) is 34.1 Å². The van der Waals surface area contributed by atoms with E-state index in [1.54, 1.807) is 0 Å². The van der Waals surface area contributed by atoms with E-state index in [9.17, 15) is 0 Å². The predicted octanol–water partition coefficient (Wildman–Crippen LogP) is 2.43. The summed E-state index contributed by atoms with van der Waals surface area (Å²) in [5.74, 6) is 1.21. The van der Waals surface area contributed by atoms with Gasteiger partial charge in [0.1, 0.15) is 6.79 Å². The average Bonchev–Trinajstić information content (AvgIpc) is 2.04. The molecule has 12 heavy (non-hydrogen) atoms. The molecule has 0 aromatic rings. The zero-order chi connectivity index (χ0) is 9.14. The molecule has 0 N–H and O–H groups in total. The molecule has 0 radical (unpaired) electrons. The SMILES string of the molecule is CC(C)[C@H]1C[C@H](C(C)C)OCO1. The number of ether oxygens (including phenoxy) is 2. The van der Waals surface area contributed by atoms with Crippen molar-refractivity contribution in [1.82, 2.24) is 0 Å². The molecule has 0 amide bonds. The van der Waals surface area contributed by atoms with E-state index in [1.807, 2.05) is 0 Å². The van der Waals surface area contributed by atoms with E-state index >= 15 is 0 Å². The van der Waals surface area contributed by atoms with Gasteiger partial charge in [-0.3, -0.25) is 0 Å². The molecule has 1 heterocycles. The van der Waals surface area contributed by atoms with Crippen LogP contribution < -0.4 is 0 Å². The Morgan fingerprint density at radius 2 is 1.33 bits per heavy atom. The van der Waals surface area contributed by atoms with Crippen LogP contribution in [0.15, 0.2) is 0 Å². The Hall–Kier alpha value is -0.0800. The maximum Gasteiger partial charge on any atom is 0.147 e. The second kappa shape index (κ2) is 4.24. The number of hydrogen-bond acceptors (Lipinski definition) is 2. The maximum absolute atomic E-state index is 5.50. The molecule has 0 aromatic heterocycles. The van der Waals surface area contributed by atoms with Gasteiger partial charge in [0.15, 0.2) is 0 Å². The highest BCUT2D eigenvalue weighted by Crippen LogP contribution is 2.23. The molecule has 0 aromatic carbocycles. The van der Waals surface area contributed by atoms with Crippen molar-refractivity contribution in [3.05, 3.63) is 0 Å². The van der Waals surface area contributed by atoms with Crippen molar-refractivity contribution in [1.29, 1.82) is 0 Å². The average molecular weight is 172 g/mol.